The molecule has 7 heteroatoms. The van der Waals surface area contributed by atoms with Crippen LogP contribution in [0.25, 0.3) is 0 Å². The van der Waals surface area contributed by atoms with E-state index in [0.29, 0.717) is 6.42 Å². The summed E-state index contributed by atoms with van der Waals surface area (Å²) in [7, 11) is -3.79. The third-order valence-corrected chi connectivity index (χ3v) is 5.88. The smallest absolute Gasteiger partial charge is 0.243 e. The molecule has 0 fully saturated rings. The Morgan fingerprint density at radius 2 is 1.88 bits per heavy atom. The Morgan fingerprint density at radius 1 is 1.19 bits per heavy atom. The highest BCUT2D eigenvalue weighted by molar-refractivity contribution is 7.89. The highest BCUT2D eigenvalue weighted by atomic mass is 32.2. The molecule has 1 heterocycles. The van der Waals surface area contributed by atoms with Crippen molar-refractivity contribution in [1.82, 2.24) is 4.31 Å². The predicted octanol–water partition coefficient (Wildman–Crippen LogP) is 3.20. The van der Waals surface area contributed by atoms with Crippen molar-refractivity contribution < 1.29 is 17.6 Å². The predicted molar refractivity (Wildman–Crippen MR) is 97.8 cm³/mol. The lowest BCUT2D eigenvalue weighted by Gasteiger charge is -2.23. The van der Waals surface area contributed by atoms with Gasteiger partial charge in [0, 0.05) is 13.0 Å². The second-order valence-corrected chi connectivity index (χ2v) is 7.84. The molecule has 1 aliphatic rings. The van der Waals surface area contributed by atoms with E-state index in [9.17, 15) is 12.8 Å². The van der Waals surface area contributed by atoms with E-state index < -0.39 is 15.8 Å². The summed E-state index contributed by atoms with van der Waals surface area (Å²) in [5.41, 5.74) is 1.74. The van der Waals surface area contributed by atoms with Gasteiger partial charge in [0.15, 0.2) is 0 Å². The zero-order valence-electron chi connectivity index (χ0n) is 14.1. The van der Waals surface area contributed by atoms with E-state index in [0.717, 1.165) is 23.4 Å². The highest BCUT2D eigenvalue weighted by Crippen LogP contribution is 2.21. The molecule has 0 amide bonds. The Labute approximate surface area is 152 Å². The molecule has 1 atom stereocenters. The van der Waals surface area contributed by atoms with Gasteiger partial charge in [-0.25, -0.2) is 12.8 Å². The monoisotopic (exact) mass is 374 g/mol. The van der Waals surface area contributed by atoms with Gasteiger partial charge in [-0.15, -0.1) is 6.58 Å². The lowest BCUT2D eigenvalue weighted by atomic mass is 10.1. The molecule has 136 valence electrons. The number of nitrogens with zero attached hydrogens (tertiary/aromatic N) is 2. The van der Waals surface area contributed by atoms with E-state index in [4.69, 9.17) is 4.84 Å². The van der Waals surface area contributed by atoms with Gasteiger partial charge in [0.1, 0.15) is 11.9 Å². The Kier molecular flexibility index (Phi) is 5.49. The fourth-order valence-corrected chi connectivity index (χ4v) is 4.17. The first-order valence-electron chi connectivity index (χ1n) is 8.15. The number of rotatable bonds is 7. The van der Waals surface area contributed by atoms with Crippen LogP contribution in [0.4, 0.5) is 4.39 Å². The van der Waals surface area contributed by atoms with E-state index in [-0.39, 0.29) is 24.1 Å². The Balaban J connectivity index is 1.73. The van der Waals surface area contributed by atoms with Crippen LogP contribution in [0.15, 0.2) is 77.3 Å². The minimum atomic E-state index is -3.79. The van der Waals surface area contributed by atoms with Crippen LogP contribution in [0, 0.1) is 5.82 Å². The van der Waals surface area contributed by atoms with Gasteiger partial charge in [0.05, 0.1) is 17.2 Å². The topological polar surface area (TPSA) is 59.0 Å². The Morgan fingerprint density at radius 3 is 2.54 bits per heavy atom. The number of sulfonamides is 1. The summed E-state index contributed by atoms with van der Waals surface area (Å²) >= 11 is 0. The molecule has 1 aliphatic heterocycles. The lowest BCUT2D eigenvalue weighted by molar-refractivity contribution is 0.0721. The molecule has 2 aromatic carbocycles. The maximum absolute atomic E-state index is 13.1. The normalized spacial score (nSPS) is 17.0. The maximum Gasteiger partial charge on any atom is 0.243 e. The molecule has 0 radical (unpaired) electrons. The van der Waals surface area contributed by atoms with Gasteiger partial charge < -0.3 is 4.84 Å². The zero-order valence-corrected chi connectivity index (χ0v) is 14.9. The molecule has 0 aliphatic carbocycles. The van der Waals surface area contributed by atoms with Crippen molar-refractivity contribution in [2.75, 3.05) is 13.1 Å². The van der Waals surface area contributed by atoms with E-state index >= 15 is 0 Å². The first-order chi connectivity index (χ1) is 12.5. The summed E-state index contributed by atoms with van der Waals surface area (Å²) in [6, 6.07) is 14.4. The van der Waals surface area contributed by atoms with Crippen molar-refractivity contribution in [3.8, 4) is 0 Å². The summed E-state index contributed by atoms with van der Waals surface area (Å²) in [6.07, 6.45) is 1.63. The molecule has 26 heavy (non-hydrogen) atoms. The third-order valence-electron chi connectivity index (χ3n) is 4.03. The van der Waals surface area contributed by atoms with Gasteiger partial charge in [-0.05, 0) is 29.8 Å². The SMILES string of the molecule is C=CCN(CC1CC(c2ccccc2)=NO1)S(=O)(=O)c1ccc(F)cc1. The summed E-state index contributed by atoms with van der Waals surface area (Å²) < 4.78 is 40.0. The van der Waals surface area contributed by atoms with Crippen LogP contribution in [-0.4, -0.2) is 37.6 Å². The Bertz CT molecular complexity index is 896. The van der Waals surface area contributed by atoms with Crippen LogP contribution in [0.2, 0.25) is 0 Å². The van der Waals surface area contributed by atoms with Gasteiger partial charge in [-0.1, -0.05) is 41.6 Å². The molecule has 2 aromatic rings. The van der Waals surface area contributed by atoms with Crippen molar-refractivity contribution in [2.24, 2.45) is 5.16 Å². The van der Waals surface area contributed by atoms with Crippen LogP contribution in [0.5, 0.6) is 0 Å². The molecule has 0 aromatic heterocycles. The van der Waals surface area contributed by atoms with E-state index in [2.05, 4.69) is 11.7 Å². The van der Waals surface area contributed by atoms with E-state index in [1.165, 1.54) is 22.5 Å². The Hall–Kier alpha value is -2.51. The molecule has 0 saturated carbocycles. The number of halogens is 1. The van der Waals surface area contributed by atoms with Crippen molar-refractivity contribution in [3.63, 3.8) is 0 Å². The fraction of sp³-hybridized carbons (Fsp3) is 0.211. The molecular formula is C19H19FN2O3S. The van der Waals surface area contributed by atoms with Crippen molar-refractivity contribution in [1.29, 1.82) is 0 Å². The molecule has 3 rings (SSSR count). The number of benzene rings is 2. The largest absolute Gasteiger partial charge is 0.390 e. The van der Waals surface area contributed by atoms with E-state index in [1.54, 1.807) is 0 Å². The van der Waals surface area contributed by atoms with E-state index in [1.807, 2.05) is 30.3 Å². The molecule has 5 nitrogen and oxygen atoms in total. The summed E-state index contributed by atoms with van der Waals surface area (Å²) in [5, 5.41) is 4.09. The molecule has 0 spiro atoms. The minimum absolute atomic E-state index is 0.0305. The van der Waals surface area contributed by atoms with Gasteiger partial charge in [0.25, 0.3) is 0 Å². The average Bonchev–Trinajstić information content (AvgIpc) is 3.11. The third kappa shape index (κ3) is 4.00. The number of oxime groups is 1. The first kappa shape index (κ1) is 18.3. The standard InChI is InChI=1S/C19H19FN2O3S/c1-2-12-22(26(23,24)18-10-8-16(20)9-11-18)14-17-13-19(21-25-17)15-6-4-3-5-7-15/h2-11,17H,1,12-14H2. The number of hydrogen-bond donors (Lipinski definition) is 0. The van der Waals surface area contributed by atoms with Gasteiger partial charge in [-0.3, -0.25) is 0 Å². The van der Waals surface area contributed by atoms with Crippen LogP contribution in [0.1, 0.15) is 12.0 Å². The van der Waals surface area contributed by atoms with Crippen molar-refractivity contribution in [3.05, 3.63) is 78.6 Å². The second-order valence-electron chi connectivity index (χ2n) is 5.90. The molecule has 0 bridgehead atoms. The van der Waals surface area contributed by atoms with Crippen LogP contribution >= 0.6 is 0 Å². The van der Waals surface area contributed by atoms with Gasteiger partial charge in [-0.2, -0.15) is 4.31 Å². The molecular weight excluding hydrogens is 355 g/mol. The molecule has 0 N–H and O–H groups in total. The molecule has 1 unspecified atom stereocenters. The lowest BCUT2D eigenvalue weighted by Crippen LogP contribution is -2.37. The second kappa shape index (κ2) is 7.80. The zero-order chi connectivity index (χ0) is 18.6. The van der Waals surface area contributed by atoms with Crippen molar-refractivity contribution in [2.45, 2.75) is 17.4 Å². The average molecular weight is 374 g/mol. The van der Waals surface area contributed by atoms with Gasteiger partial charge in [0.2, 0.25) is 10.0 Å². The van der Waals surface area contributed by atoms with Crippen LogP contribution in [0.3, 0.4) is 0 Å². The number of hydrogen-bond acceptors (Lipinski definition) is 4. The van der Waals surface area contributed by atoms with Crippen molar-refractivity contribution >= 4 is 15.7 Å². The van der Waals surface area contributed by atoms with Crippen LogP contribution < -0.4 is 0 Å². The maximum atomic E-state index is 13.1. The summed E-state index contributed by atoms with van der Waals surface area (Å²) in [6.45, 7) is 3.88. The summed E-state index contributed by atoms with van der Waals surface area (Å²) in [5.74, 6) is -0.487. The first-order valence-corrected chi connectivity index (χ1v) is 9.59. The minimum Gasteiger partial charge on any atom is -0.390 e. The van der Waals surface area contributed by atoms with Crippen LogP contribution in [-0.2, 0) is 14.9 Å². The fourth-order valence-electron chi connectivity index (χ4n) is 2.72. The quantitative estimate of drug-likeness (QED) is 0.700. The highest BCUT2D eigenvalue weighted by Gasteiger charge is 2.30. The summed E-state index contributed by atoms with van der Waals surface area (Å²) in [4.78, 5) is 5.47. The van der Waals surface area contributed by atoms with Gasteiger partial charge >= 0.3 is 0 Å². The molecule has 0 saturated heterocycles.